The van der Waals surface area contributed by atoms with Crippen LogP contribution in [0.15, 0.2) is 0 Å². The lowest BCUT2D eigenvalue weighted by Crippen LogP contribution is -2.32. The molecule has 0 aliphatic carbocycles. The fourth-order valence-electron chi connectivity index (χ4n) is 2.68. The molecule has 18 heavy (non-hydrogen) atoms. The zero-order chi connectivity index (χ0) is 13.8. The molecule has 1 aliphatic heterocycles. The Hall–Kier alpha value is -0.530. The fourth-order valence-corrected chi connectivity index (χ4v) is 2.68. The highest BCUT2D eigenvalue weighted by atomic mass is 16.2. The Labute approximate surface area is 113 Å². The molecule has 0 bridgehead atoms. The molecule has 106 valence electrons. The molecule has 1 saturated heterocycles. The van der Waals surface area contributed by atoms with Gasteiger partial charge in [-0.1, -0.05) is 34.6 Å². The lowest BCUT2D eigenvalue weighted by atomic mass is 9.89. The maximum absolute atomic E-state index is 12.2. The average Bonchev–Trinajstić information content (AvgIpc) is 2.50. The predicted octanol–water partition coefficient (Wildman–Crippen LogP) is 4.10. The number of amides is 1. The van der Waals surface area contributed by atoms with E-state index < -0.39 is 0 Å². The van der Waals surface area contributed by atoms with Gasteiger partial charge in [-0.2, -0.15) is 0 Å². The van der Waals surface area contributed by atoms with E-state index in [0.717, 1.165) is 37.8 Å². The third-order valence-corrected chi connectivity index (χ3v) is 4.16. The van der Waals surface area contributed by atoms with Gasteiger partial charge in [-0.3, -0.25) is 4.79 Å². The van der Waals surface area contributed by atoms with Crippen LogP contribution >= 0.6 is 0 Å². The highest BCUT2D eigenvalue weighted by Gasteiger charge is 2.23. The van der Waals surface area contributed by atoms with E-state index in [-0.39, 0.29) is 5.41 Å². The number of rotatable bonds is 3. The van der Waals surface area contributed by atoms with Crippen molar-refractivity contribution in [2.24, 2.45) is 17.3 Å². The zero-order valence-electron chi connectivity index (χ0n) is 13.0. The number of hydrogen-bond donors (Lipinski definition) is 0. The van der Waals surface area contributed by atoms with Crippen LogP contribution in [0.25, 0.3) is 0 Å². The van der Waals surface area contributed by atoms with Crippen molar-refractivity contribution in [2.45, 2.75) is 66.7 Å². The summed E-state index contributed by atoms with van der Waals surface area (Å²) in [6.45, 7) is 13.2. The first-order valence-corrected chi connectivity index (χ1v) is 7.57. The second-order valence-electron chi connectivity index (χ2n) is 7.38. The summed E-state index contributed by atoms with van der Waals surface area (Å²) >= 11 is 0. The Morgan fingerprint density at radius 2 is 1.89 bits per heavy atom. The lowest BCUT2D eigenvalue weighted by molar-refractivity contribution is -0.131. The number of carbonyl (C=O) groups is 1. The van der Waals surface area contributed by atoms with Crippen LogP contribution < -0.4 is 0 Å². The average molecular weight is 253 g/mol. The summed E-state index contributed by atoms with van der Waals surface area (Å²) in [5, 5.41) is 0. The zero-order valence-corrected chi connectivity index (χ0v) is 13.0. The first-order valence-electron chi connectivity index (χ1n) is 7.57. The van der Waals surface area contributed by atoms with Crippen LogP contribution in [0.1, 0.15) is 66.7 Å². The van der Waals surface area contributed by atoms with Gasteiger partial charge in [0.25, 0.3) is 0 Å². The molecular weight excluding hydrogens is 222 g/mol. The first-order chi connectivity index (χ1) is 8.29. The van der Waals surface area contributed by atoms with Crippen LogP contribution in [-0.4, -0.2) is 23.9 Å². The summed E-state index contributed by atoms with van der Waals surface area (Å²) < 4.78 is 0. The summed E-state index contributed by atoms with van der Waals surface area (Å²) in [7, 11) is 0. The predicted molar refractivity (Wildman–Crippen MR) is 77.4 cm³/mol. The third-order valence-electron chi connectivity index (χ3n) is 4.16. The number of hydrogen-bond acceptors (Lipinski definition) is 1. The molecule has 0 aromatic carbocycles. The Balaban J connectivity index is 2.40. The van der Waals surface area contributed by atoms with E-state index in [1.54, 1.807) is 0 Å². The molecule has 1 unspecified atom stereocenters. The number of likely N-dealkylation sites (tertiary alicyclic amines) is 1. The minimum atomic E-state index is 0.266. The van der Waals surface area contributed by atoms with Gasteiger partial charge in [-0.15, -0.1) is 0 Å². The van der Waals surface area contributed by atoms with Crippen LogP contribution in [0, 0.1) is 17.3 Å². The third kappa shape index (κ3) is 5.41. The Morgan fingerprint density at radius 1 is 1.22 bits per heavy atom. The van der Waals surface area contributed by atoms with E-state index in [4.69, 9.17) is 0 Å². The molecule has 0 radical (unpaired) electrons. The quantitative estimate of drug-likeness (QED) is 0.741. The van der Waals surface area contributed by atoms with E-state index in [0.29, 0.717) is 5.91 Å². The standard InChI is InChI=1S/C16H31NO/c1-13(2)14-7-6-11-17(12-9-14)15(18)8-10-16(3,4)5/h13-14H,6-12H2,1-5H3. The maximum atomic E-state index is 12.2. The van der Waals surface area contributed by atoms with Gasteiger partial charge in [0.15, 0.2) is 0 Å². The van der Waals surface area contributed by atoms with Gasteiger partial charge in [0.1, 0.15) is 0 Å². The lowest BCUT2D eigenvalue weighted by Gasteiger charge is -2.24. The van der Waals surface area contributed by atoms with Crippen LogP contribution in [0.5, 0.6) is 0 Å². The molecule has 2 heteroatoms. The van der Waals surface area contributed by atoms with Gasteiger partial charge in [0.05, 0.1) is 0 Å². The number of carbonyl (C=O) groups excluding carboxylic acids is 1. The largest absolute Gasteiger partial charge is 0.343 e. The Bertz CT molecular complexity index is 265. The van der Waals surface area contributed by atoms with Crippen molar-refractivity contribution in [2.75, 3.05) is 13.1 Å². The van der Waals surface area contributed by atoms with Crippen molar-refractivity contribution in [1.29, 1.82) is 0 Å². The smallest absolute Gasteiger partial charge is 0.222 e. The second kappa shape index (κ2) is 6.58. The summed E-state index contributed by atoms with van der Waals surface area (Å²) in [5.41, 5.74) is 0.266. The van der Waals surface area contributed by atoms with E-state index in [1.807, 2.05) is 0 Å². The summed E-state index contributed by atoms with van der Waals surface area (Å²) in [4.78, 5) is 14.3. The van der Waals surface area contributed by atoms with Gasteiger partial charge >= 0.3 is 0 Å². The van der Waals surface area contributed by atoms with Crippen molar-refractivity contribution >= 4 is 5.91 Å². The molecule has 1 heterocycles. The molecule has 0 saturated carbocycles. The summed E-state index contributed by atoms with van der Waals surface area (Å²) in [6.07, 6.45) is 5.38. The van der Waals surface area contributed by atoms with Crippen molar-refractivity contribution in [3.05, 3.63) is 0 Å². The molecule has 1 atom stereocenters. The summed E-state index contributed by atoms with van der Waals surface area (Å²) in [5.74, 6) is 1.94. The minimum absolute atomic E-state index is 0.266. The minimum Gasteiger partial charge on any atom is -0.343 e. The molecule has 1 amide bonds. The van der Waals surface area contributed by atoms with Crippen LogP contribution in [0.2, 0.25) is 0 Å². The maximum Gasteiger partial charge on any atom is 0.222 e. The highest BCUT2D eigenvalue weighted by molar-refractivity contribution is 5.76. The van der Waals surface area contributed by atoms with Crippen molar-refractivity contribution in [1.82, 2.24) is 4.90 Å². The number of nitrogens with zero attached hydrogens (tertiary/aromatic N) is 1. The Morgan fingerprint density at radius 3 is 2.44 bits per heavy atom. The monoisotopic (exact) mass is 253 g/mol. The molecular formula is C16H31NO. The van der Waals surface area contributed by atoms with E-state index in [2.05, 4.69) is 39.5 Å². The molecule has 1 rings (SSSR count). The van der Waals surface area contributed by atoms with Gasteiger partial charge < -0.3 is 4.90 Å². The van der Waals surface area contributed by atoms with Gasteiger partial charge in [0, 0.05) is 19.5 Å². The molecule has 0 N–H and O–H groups in total. The van der Waals surface area contributed by atoms with Gasteiger partial charge in [0.2, 0.25) is 5.91 Å². The molecule has 0 aromatic heterocycles. The molecule has 0 aromatic rings. The molecule has 1 aliphatic rings. The SMILES string of the molecule is CC(C)C1CCCN(C(=O)CCC(C)(C)C)CC1. The second-order valence-corrected chi connectivity index (χ2v) is 7.38. The van der Waals surface area contributed by atoms with Crippen LogP contribution in [0.4, 0.5) is 0 Å². The van der Waals surface area contributed by atoms with Gasteiger partial charge in [-0.25, -0.2) is 0 Å². The first kappa shape index (κ1) is 15.5. The van der Waals surface area contributed by atoms with E-state index >= 15 is 0 Å². The fraction of sp³-hybridized carbons (Fsp3) is 0.938. The van der Waals surface area contributed by atoms with Crippen LogP contribution in [0.3, 0.4) is 0 Å². The topological polar surface area (TPSA) is 20.3 Å². The highest BCUT2D eigenvalue weighted by Crippen LogP contribution is 2.26. The summed E-state index contributed by atoms with van der Waals surface area (Å²) in [6, 6.07) is 0. The van der Waals surface area contributed by atoms with Crippen molar-refractivity contribution < 1.29 is 4.79 Å². The van der Waals surface area contributed by atoms with Crippen molar-refractivity contribution in [3.63, 3.8) is 0 Å². The molecule has 1 fully saturated rings. The van der Waals surface area contributed by atoms with E-state index in [1.165, 1.54) is 19.3 Å². The van der Waals surface area contributed by atoms with E-state index in [9.17, 15) is 4.79 Å². The Kier molecular flexibility index (Phi) is 5.68. The molecule has 0 spiro atoms. The molecule has 2 nitrogen and oxygen atoms in total. The van der Waals surface area contributed by atoms with Crippen molar-refractivity contribution in [3.8, 4) is 0 Å². The normalized spacial score (nSPS) is 22.1. The van der Waals surface area contributed by atoms with Crippen LogP contribution in [-0.2, 0) is 4.79 Å². The van der Waals surface area contributed by atoms with Gasteiger partial charge in [-0.05, 0) is 42.9 Å².